The lowest BCUT2D eigenvalue weighted by molar-refractivity contribution is 0.0997. The van der Waals surface area contributed by atoms with Gasteiger partial charge in [-0.1, -0.05) is 39.0 Å². The van der Waals surface area contributed by atoms with E-state index in [4.69, 9.17) is 4.42 Å². The molecule has 0 radical (unpaired) electrons. The van der Waals surface area contributed by atoms with E-state index in [-0.39, 0.29) is 22.2 Å². The van der Waals surface area contributed by atoms with Gasteiger partial charge in [0.15, 0.2) is 11.2 Å². The summed E-state index contributed by atoms with van der Waals surface area (Å²) < 4.78 is 5.58. The Hall–Kier alpha value is -3.67. The van der Waals surface area contributed by atoms with Crippen LogP contribution in [0.5, 0.6) is 0 Å². The van der Waals surface area contributed by atoms with Gasteiger partial charge in [-0.05, 0) is 35.2 Å². The summed E-state index contributed by atoms with van der Waals surface area (Å²) in [5, 5.41) is 4.05. The minimum Gasteiger partial charge on any atom is -0.451 e. The van der Waals surface area contributed by atoms with Gasteiger partial charge in [0.1, 0.15) is 5.58 Å². The Morgan fingerprint density at radius 1 is 0.966 bits per heavy atom. The molecule has 0 unspecified atom stereocenters. The number of aromatic amines is 1. The van der Waals surface area contributed by atoms with E-state index in [1.807, 2.05) is 26.8 Å². The fourth-order valence-corrected chi connectivity index (χ4v) is 3.37. The third-order valence-corrected chi connectivity index (χ3v) is 4.77. The van der Waals surface area contributed by atoms with E-state index >= 15 is 0 Å². The van der Waals surface area contributed by atoms with Crippen molar-refractivity contribution < 1.29 is 9.21 Å². The molecule has 0 spiro atoms. The van der Waals surface area contributed by atoms with Crippen molar-refractivity contribution in [1.82, 2.24) is 4.98 Å². The molecule has 4 aromatic rings. The molecule has 1 amide bonds. The Balaban J connectivity index is 1.72. The van der Waals surface area contributed by atoms with Crippen LogP contribution in [0.1, 0.15) is 36.9 Å². The SMILES string of the molecule is CC(C)(C)c1cc(=O)[nH]c2cc(NC(=O)c3cc(=O)c4ccccc4o3)ccc12. The Bertz CT molecular complexity index is 1370. The lowest BCUT2D eigenvalue weighted by Gasteiger charge is -2.21. The predicted molar refractivity (Wildman–Crippen MR) is 114 cm³/mol. The monoisotopic (exact) mass is 388 g/mol. The standard InChI is InChI=1S/C23H20N2O4/c1-23(2,3)16-11-21(27)25-17-10-13(8-9-14(16)17)24-22(28)20-12-18(26)15-6-4-5-7-19(15)29-20/h4-12H,1-3H3,(H,24,28)(H,25,27). The number of aromatic nitrogens is 1. The number of H-pyrrole nitrogens is 1. The number of pyridine rings is 1. The second-order valence-corrected chi connectivity index (χ2v) is 7.98. The van der Waals surface area contributed by atoms with Crippen molar-refractivity contribution in [3.63, 3.8) is 0 Å². The second-order valence-electron chi connectivity index (χ2n) is 7.98. The van der Waals surface area contributed by atoms with Gasteiger partial charge in [0.2, 0.25) is 5.56 Å². The summed E-state index contributed by atoms with van der Waals surface area (Å²) in [6, 6.07) is 14.9. The molecule has 0 aliphatic rings. The normalized spacial score (nSPS) is 11.7. The smallest absolute Gasteiger partial charge is 0.291 e. The van der Waals surface area contributed by atoms with Crippen LogP contribution in [0.2, 0.25) is 0 Å². The summed E-state index contributed by atoms with van der Waals surface area (Å²) in [6.45, 7) is 6.12. The number of para-hydroxylation sites is 1. The predicted octanol–water partition coefficient (Wildman–Crippen LogP) is 4.18. The highest BCUT2D eigenvalue weighted by atomic mass is 16.3. The summed E-state index contributed by atoms with van der Waals surface area (Å²) >= 11 is 0. The molecule has 2 N–H and O–H groups in total. The number of carbonyl (C=O) groups excluding carboxylic acids is 1. The number of nitrogens with one attached hydrogen (secondary N) is 2. The molecule has 2 aromatic heterocycles. The maximum Gasteiger partial charge on any atom is 0.291 e. The molecule has 0 aliphatic heterocycles. The number of hydrogen-bond donors (Lipinski definition) is 2. The lowest BCUT2D eigenvalue weighted by Crippen LogP contribution is -2.18. The fraction of sp³-hybridized carbons (Fsp3) is 0.174. The zero-order valence-electron chi connectivity index (χ0n) is 16.3. The van der Waals surface area contributed by atoms with Crippen molar-refractivity contribution >= 4 is 33.5 Å². The molecule has 2 heterocycles. The van der Waals surface area contributed by atoms with Gasteiger partial charge >= 0.3 is 0 Å². The average molecular weight is 388 g/mol. The summed E-state index contributed by atoms with van der Waals surface area (Å²) in [5.41, 5.74) is 1.70. The Morgan fingerprint density at radius 2 is 1.72 bits per heavy atom. The number of amides is 1. The van der Waals surface area contributed by atoms with Gasteiger partial charge in [-0.25, -0.2) is 0 Å². The van der Waals surface area contributed by atoms with Crippen molar-refractivity contribution in [2.45, 2.75) is 26.2 Å². The van der Waals surface area contributed by atoms with E-state index in [0.717, 1.165) is 10.9 Å². The molecular weight excluding hydrogens is 368 g/mol. The Labute approximate surface area is 166 Å². The molecule has 6 heteroatoms. The van der Waals surface area contributed by atoms with Gasteiger partial charge in [-0.15, -0.1) is 0 Å². The van der Waals surface area contributed by atoms with Crippen molar-refractivity contribution in [2.75, 3.05) is 5.32 Å². The number of benzene rings is 2. The van der Waals surface area contributed by atoms with Crippen LogP contribution in [0.15, 0.2) is 68.6 Å². The number of fused-ring (bicyclic) bond motifs is 2. The van der Waals surface area contributed by atoms with Crippen LogP contribution in [0.4, 0.5) is 5.69 Å². The van der Waals surface area contributed by atoms with E-state index in [1.54, 1.807) is 42.5 Å². The van der Waals surface area contributed by atoms with E-state index in [2.05, 4.69) is 10.3 Å². The number of carbonyl (C=O) groups is 1. The van der Waals surface area contributed by atoms with Gasteiger partial charge in [0.25, 0.3) is 5.91 Å². The van der Waals surface area contributed by atoms with E-state index < -0.39 is 5.91 Å². The zero-order chi connectivity index (χ0) is 20.8. The van der Waals surface area contributed by atoms with Gasteiger partial charge in [-0.3, -0.25) is 14.4 Å². The Kier molecular flexibility index (Phi) is 4.34. The van der Waals surface area contributed by atoms with Crippen molar-refractivity contribution in [3.8, 4) is 0 Å². The average Bonchev–Trinajstić information content (AvgIpc) is 2.66. The molecule has 2 aromatic carbocycles. The molecule has 0 bridgehead atoms. The Morgan fingerprint density at radius 3 is 2.48 bits per heavy atom. The van der Waals surface area contributed by atoms with Crippen LogP contribution in [0.25, 0.3) is 21.9 Å². The molecule has 29 heavy (non-hydrogen) atoms. The molecule has 146 valence electrons. The molecule has 0 atom stereocenters. The van der Waals surface area contributed by atoms with Gasteiger partial charge in [0, 0.05) is 23.2 Å². The number of anilines is 1. The summed E-state index contributed by atoms with van der Waals surface area (Å²) in [4.78, 5) is 39.7. The number of hydrogen-bond acceptors (Lipinski definition) is 4. The first-order valence-corrected chi connectivity index (χ1v) is 9.24. The second kappa shape index (κ2) is 6.74. The zero-order valence-corrected chi connectivity index (χ0v) is 16.3. The maximum absolute atomic E-state index is 12.6. The van der Waals surface area contributed by atoms with Crippen LogP contribution in [0, 0.1) is 0 Å². The maximum atomic E-state index is 12.6. The largest absolute Gasteiger partial charge is 0.451 e. The first-order valence-electron chi connectivity index (χ1n) is 9.24. The van der Waals surface area contributed by atoms with E-state index in [1.165, 1.54) is 6.07 Å². The molecule has 0 saturated carbocycles. The minimum atomic E-state index is -0.540. The summed E-state index contributed by atoms with van der Waals surface area (Å²) in [6.07, 6.45) is 0. The van der Waals surface area contributed by atoms with Crippen LogP contribution in [-0.2, 0) is 5.41 Å². The fourth-order valence-electron chi connectivity index (χ4n) is 3.37. The van der Waals surface area contributed by atoms with Gasteiger partial charge in [0.05, 0.1) is 10.9 Å². The lowest BCUT2D eigenvalue weighted by atomic mass is 9.85. The summed E-state index contributed by atoms with van der Waals surface area (Å²) in [5.74, 6) is -0.618. The van der Waals surface area contributed by atoms with E-state index in [9.17, 15) is 14.4 Å². The first kappa shape index (κ1) is 18.7. The molecule has 0 aliphatic carbocycles. The van der Waals surface area contributed by atoms with E-state index in [0.29, 0.717) is 22.2 Å². The molecule has 0 fully saturated rings. The highest BCUT2D eigenvalue weighted by Gasteiger charge is 2.19. The molecule has 0 saturated heterocycles. The topological polar surface area (TPSA) is 92.2 Å². The minimum absolute atomic E-state index is 0.0780. The molecular formula is C23H20N2O4. The third-order valence-electron chi connectivity index (χ3n) is 4.77. The first-order chi connectivity index (χ1) is 13.7. The highest BCUT2D eigenvalue weighted by molar-refractivity contribution is 6.04. The molecule has 4 rings (SSSR count). The van der Waals surface area contributed by atoms with Gasteiger partial charge < -0.3 is 14.7 Å². The van der Waals surface area contributed by atoms with Crippen molar-refractivity contribution in [3.05, 3.63) is 86.5 Å². The molecule has 6 nitrogen and oxygen atoms in total. The quantitative estimate of drug-likeness (QED) is 0.539. The third kappa shape index (κ3) is 3.57. The van der Waals surface area contributed by atoms with Gasteiger partial charge in [-0.2, -0.15) is 0 Å². The van der Waals surface area contributed by atoms with Crippen molar-refractivity contribution in [2.24, 2.45) is 0 Å². The van der Waals surface area contributed by atoms with Crippen LogP contribution < -0.4 is 16.3 Å². The number of rotatable bonds is 2. The summed E-state index contributed by atoms with van der Waals surface area (Å²) in [7, 11) is 0. The van der Waals surface area contributed by atoms with Crippen LogP contribution >= 0.6 is 0 Å². The van der Waals surface area contributed by atoms with Crippen LogP contribution in [0.3, 0.4) is 0 Å². The van der Waals surface area contributed by atoms with Crippen LogP contribution in [-0.4, -0.2) is 10.9 Å². The highest BCUT2D eigenvalue weighted by Crippen LogP contribution is 2.29. The van der Waals surface area contributed by atoms with Crippen molar-refractivity contribution in [1.29, 1.82) is 0 Å².